The summed E-state index contributed by atoms with van der Waals surface area (Å²) >= 11 is 17.3. The fourth-order valence-corrected chi connectivity index (χ4v) is 2.57. The zero-order valence-corrected chi connectivity index (χ0v) is 14.5. The van der Waals surface area contributed by atoms with Crippen molar-refractivity contribution in [1.82, 2.24) is 19.9 Å². The van der Waals surface area contributed by atoms with Crippen molar-refractivity contribution in [2.45, 2.75) is 6.61 Å². The van der Waals surface area contributed by atoms with Crippen LogP contribution in [0.5, 0.6) is 5.75 Å². The van der Waals surface area contributed by atoms with E-state index in [2.05, 4.69) is 20.3 Å². The van der Waals surface area contributed by atoms with E-state index < -0.39 is 0 Å². The van der Waals surface area contributed by atoms with E-state index in [1.165, 1.54) is 4.68 Å². The molecule has 3 aromatic rings. The molecule has 0 amide bonds. The second-order valence-corrected chi connectivity index (χ2v) is 5.80. The summed E-state index contributed by atoms with van der Waals surface area (Å²) in [7, 11) is 0. The van der Waals surface area contributed by atoms with Gasteiger partial charge in [0, 0.05) is 6.20 Å². The highest BCUT2D eigenvalue weighted by molar-refractivity contribution is 7.71. The molecule has 0 spiro atoms. The van der Waals surface area contributed by atoms with Gasteiger partial charge in [-0.05, 0) is 36.5 Å². The Balaban J connectivity index is 1.80. The number of rotatable bonds is 5. The molecule has 2 heterocycles. The number of nitrogens with zero attached hydrogens (tertiary/aromatic N) is 4. The van der Waals surface area contributed by atoms with Gasteiger partial charge < -0.3 is 4.74 Å². The van der Waals surface area contributed by atoms with E-state index >= 15 is 0 Å². The Hall–Kier alpha value is -2.22. The molecule has 9 heteroatoms. The minimum atomic E-state index is 0.0934. The van der Waals surface area contributed by atoms with Crippen LogP contribution in [0.4, 0.5) is 0 Å². The summed E-state index contributed by atoms with van der Waals surface area (Å²) in [4.78, 5) is 4.16. The van der Waals surface area contributed by atoms with Crippen molar-refractivity contribution in [3.05, 3.63) is 68.9 Å². The Morgan fingerprint density at radius 1 is 1.21 bits per heavy atom. The van der Waals surface area contributed by atoms with Crippen molar-refractivity contribution in [3.8, 4) is 5.75 Å². The van der Waals surface area contributed by atoms with Crippen molar-refractivity contribution in [2.24, 2.45) is 5.10 Å². The molecule has 2 aromatic heterocycles. The number of H-pyrrole nitrogens is 1. The first-order valence-electron chi connectivity index (χ1n) is 6.83. The molecule has 0 fully saturated rings. The van der Waals surface area contributed by atoms with Crippen LogP contribution in [0.1, 0.15) is 11.5 Å². The lowest BCUT2D eigenvalue weighted by molar-refractivity contribution is 0.291. The van der Waals surface area contributed by atoms with Gasteiger partial charge >= 0.3 is 0 Å². The lowest BCUT2D eigenvalue weighted by Crippen LogP contribution is -2.05. The SMILES string of the molecule is S=c1[nH]nc(COc2c(Cl)cccc2Cl)n1/N=C/c1ccccn1. The minimum absolute atomic E-state index is 0.0934. The number of hydrogen-bond acceptors (Lipinski definition) is 5. The van der Waals surface area contributed by atoms with Crippen LogP contribution in [0.15, 0.2) is 47.7 Å². The Morgan fingerprint density at radius 2 is 2.00 bits per heavy atom. The summed E-state index contributed by atoms with van der Waals surface area (Å²) in [6, 6.07) is 10.6. The Labute approximate surface area is 152 Å². The monoisotopic (exact) mass is 379 g/mol. The first-order chi connectivity index (χ1) is 11.6. The fourth-order valence-electron chi connectivity index (χ4n) is 1.86. The third kappa shape index (κ3) is 3.81. The van der Waals surface area contributed by atoms with Crippen molar-refractivity contribution >= 4 is 41.6 Å². The van der Waals surface area contributed by atoms with Gasteiger partial charge in [-0.25, -0.2) is 5.10 Å². The highest BCUT2D eigenvalue weighted by Gasteiger charge is 2.10. The van der Waals surface area contributed by atoms with E-state index in [4.69, 9.17) is 40.2 Å². The van der Waals surface area contributed by atoms with Gasteiger partial charge in [-0.3, -0.25) is 4.98 Å². The maximum absolute atomic E-state index is 6.08. The van der Waals surface area contributed by atoms with Crippen LogP contribution in [-0.2, 0) is 6.61 Å². The van der Waals surface area contributed by atoms with Crippen LogP contribution in [0.25, 0.3) is 0 Å². The normalized spacial score (nSPS) is 11.1. The van der Waals surface area contributed by atoms with E-state index in [0.29, 0.717) is 32.1 Å². The number of aromatic nitrogens is 4. The maximum atomic E-state index is 6.08. The molecular weight excluding hydrogens is 369 g/mol. The molecule has 6 nitrogen and oxygen atoms in total. The fraction of sp³-hybridized carbons (Fsp3) is 0.0667. The van der Waals surface area contributed by atoms with Crippen molar-refractivity contribution in [3.63, 3.8) is 0 Å². The summed E-state index contributed by atoms with van der Waals surface area (Å²) in [5, 5.41) is 11.9. The van der Waals surface area contributed by atoms with Gasteiger partial charge in [-0.2, -0.15) is 14.9 Å². The second kappa shape index (κ2) is 7.57. The summed E-state index contributed by atoms with van der Waals surface area (Å²) in [5.41, 5.74) is 0.696. The Morgan fingerprint density at radius 3 is 2.71 bits per heavy atom. The molecule has 1 N–H and O–H groups in total. The van der Waals surface area contributed by atoms with Crippen LogP contribution in [0.2, 0.25) is 10.0 Å². The summed E-state index contributed by atoms with van der Waals surface area (Å²) in [6.45, 7) is 0.0934. The van der Waals surface area contributed by atoms with Crippen molar-refractivity contribution in [1.29, 1.82) is 0 Å². The topological polar surface area (TPSA) is 68.1 Å². The first kappa shape index (κ1) is 16.6. The zero-order chi connectivity index (χ0) is 16.9. The van der Waals surface area contributed by atoms with Gasteiger partial charge in [0.15, 0.2) is 11.6 Å². The smallest absolute Gasteiger partial charge is 0.216 e. The second-order valence-electron chi connectivity index (χ2n) is 4.60. The number of aromatic amines is 1. The number of nitrogens with one attached hydrogen (secondary N) is 1. The van der Waals surface area contributed by atoms with Gasteiger partial charge in [-0.1, -0.05) is 35.3 Å². The molecule has 0 aliphatic rings. The van der Waals surface area contributed by atoms with E-state index in [1.54, 1.807) is 30.6 Å². The molecule has 0 unspecified atom stereocenters. The van der Waals surface area contributed by atoms with E-state index in [1.807, 2.05) is 18.2 Å². The number of pyridine rings is 1. The molecule has 122 valence electrons. The van der Waals surface area contributed by atoms with E-state index in [0.717, 1.165) is 0 Å². The summed E-state index contributed by atoms with van der Waals surface area (Å²) in [6.07, 6.45) is 3.26. The highest BCUT2D eigenvalue weighted by atomic mass is 35.5. The van der Waals surface area contributed by atoms with E-state index in [9.17, 15) is 0 Å². The Kier molecular flexibility index (Phi) is 5.24. The average Bonchev–Trinajstić information content (AvgIpc) is 2.93. The quantitative estimate of drug-likeness (QED) is 0.535. The van der Waals surface area contributed by atoms with Gasteiger partial charge in [0.25, 0.3) is 0 Å². The molecule has 0 radical (unpaired) electrons. The summed E-state index contributed by atoms with van der Waals surface area (Å²) < 4.78 is 7.45. The molecule has 0 bridgehead atoms. The largest absolute Gasteiger partial charge is 0.482 e. The molecule has 0 atom stereocenters. The van der Waals surface area contributed by atoms with Crippen LogP contribution in [0.3, 0.4) is 0 Å². The van der Waals surface area contributed by atoms with Gasteiger partial charge in [0.1, 0.15) is 6.61 Å². The minimum Gasteiger partial charge on any atom is -0.482 e. The molecule has 1 aromatic carbocycles. The van der Waals surface area contributed by atoms with Gasteiger partial charge in [-0.15, -0.1) is 0 Å². The predicted molar refractivity (Wildman–Crippen MR) is 95.4 cm³/mol. The van der Waals surface area contributed by atoms with Crippen LogP contribution < -0.4 is 4.74 Å². The third-order valence-electron chi connectivity index (χ3n) is 2.98. The molecule has 3 rings (SSSR count). The molecule has 0 saturated heterocycles. The molecule has 0 saturated carbocycles. The van der Waals surface area contributed by atoms with Crippen LogP contribution in [-0.4, -0.2) is 26.1 Å². The zero-order valence-electron chi connectivity index (χ0n) is 12.2. The lowest BCUT2D eigenvalue weighted by atomic mass is 10.3. The van der Waals surface area contributed by atoms with Crippen molar-refractivity contribution < 1.29 is 4.74 Å². The molecule has 24 heavy (non-hydrogen) atoms. The number of ether oxygens (including phenoxy) is 1. The average molecular weight is 380 g/mol. The van der Waals surface area contributed by atoms with Gasteiger partial charge in [0.05, 0.1) is 22.0 Å². The predicted octanol–water partition coefficient (Wildman–Crippen LogP) is 4.10. The van der Waals surface area contributed by atoms with Crippen molar-refractivity contribution in [2.75, 3.05) is 0 Å². The molecule has 0 aliphatic heterocycles. The van der Waals surface area contributed by atoms with Crippen LogP contribution in [0, 0.1) is 4.77 Å². The number of hydrogen-bond donors (Lipinski definition) is 1. The van der Waals surface area contributed by atoms with E-state index in [-0.39, 0.29) is 6.61 Å². The third-order valence-corrected chi connectivity index (χ3v) is 3.83. The van der Waals surface area contributed by atoms with Gasteiger partial charge in [0.2, 0.25) is 4.77 Å². The first-order valence-corrected chi connectivity index (χ1v) is 8.00. The maximum Gasteiger partial charge on any atom is 0.216 e. The van der Waals surface area contributed by atoms with Crippen LogP contribution >= 0.6 is 35.4 Å². The molecule has 0 aliphatic carbocycles. The molecular formula is C15H11Cl2N5OS. The lowest BCUT2D eigenvalue weighted by Gasteiger charge is -2.08. The highest BCUT2D eigenvalue weighted by Crippen LogP contribution is 2.32. The Bertz CT molecular complexity index is 903. The number of benzene rings is 1. The standard InChI is InChI=1S/C15H11Cl2N5OS/c16-11-5-3-6-12(17)14(11)23-9-13-20-21-15(24)22(13)19-8-10-4-1-2-7-18-10/h1-8H,9H2,(H,21,24)/b19-8+. The number of para-hydroxylation sites is 1. The number of halogens is 2. The summed E-state index contributed by atoms with van der Waals surface area (Å²) in [5.74, 6) is 0.859.